The van der Waals surface area contributed by atoms with Gasteiger partial charge >= 0.3 is 0 Å². The molecule has 152 valence electrons. The lowest BCUT2D eigenvalue weighted by Crippen LogP contribution is -2.14. The Labute approximate surface area is 177 Å². The molecule has 0 saturated carbocycles. The average molecular weight is 430 g/mol. The van der Waals surface area contributed by atoms with Gasteiger partial charge in [-0.3, -0.25) is 4.79 Å². The van der Waals surface area contributed by atoms with Crippen LogP contribution in [0, 0.1) is 6.92 Å². The number of nitrogens with zero attached hydrogens (tertiary/aromatic N) is 4. The van der Waals surface area contributed by atoms with Gasteiger partial charge in [-0.05, 0) is 55.9 Å². The third-order valence-electron chi connectivity index (χ3n) is 4.81. The minimum absolute atomic E-state index is 0.112. The van der Waals surface area contributed by atoms with Gasteiger partial charge in [-0.2, -0.15) is 0 Å². The second-order valence-corrected chi connectivity index (χ2v) is 8.82. The van der Waals surface area contributed by atoms with Crippen molar-refractivity contribution in [1.29, 1.82) is 0 Å². The smallest absolute Gasteiger partial charge is 0.236 e. The van der Waals surface area contributed by atoms with Crippen LogP contribution in [0.5, 0.6) is 5.75 Å². The van der Waals surface area contributed by atoms with E-state index in [4.69, 9.17) is 4.74 Å². The summed E-state index contributed by atoms with van der Waals surface area (Å²) in [5.41, 5.74) is 3.73. The number of carbonyl (C=O) groups is 1. The van der Waals surface area contributed by atoms with Crippen molar-refractivity contribution in [3.8, 4) is 5.75 Å². The largest absolute Gasteiger partial charge is 0.486 e. The second-order valence-electron chi connectivity index (χ2n) is 7.02. The molecule has 2 aromatic heterocycles. The summed E-state index contributed by atoms with van der Waals surface area (Å²) in [6, 6.07) is 6.34. The number of aryl methyl sites for hydroxylation is 3. The molecule has 0 fully saturated rings. The molecule has 3 aromatic rings. The zero-order valence-electron chi connectivity index (χ0n) is 16.5. The molecule has 0 saturated heterocycles. The molecule has 0 atom stereocenters. The van der Waals surface area contributed by atoms with E-state index in [-0.39, 0.29) is 11.7 Å². The number of aromatic nitrogens is 4. The molecular weight excluding hydrogens is 406 g/mol. The molecule has 7 nitrogen and oxygen atoms in total. The van der Waals surface area contributed by atoms with Crippen molar-refractivity contribution in [2.45, 2.75) is 44.4 Å². The van der Waals surface area contributed by atoms with Gasteiger partial charge in [0.25, 0.3) is 0 Å². The van der Waals surface area contributed by atoms with E-state index in [0.29, 0.717) is 16.9 Å². The summed E-state index contributed by atoms with van der Waals surface area (Å²) in [6.07, 6.45) is 4.80. The maximum absolute atomic E-state index is 12.1. The van der Waals surface area contributed by atoms with Crippen LogP contribution >= 0.6 is 23.1 Å². The first-order valence-electron chi connectivity index (χ1n) is 9.56. The van der Waals surface area contributed by atoms with Crippen LogP contribution in [0.2, 0.25) is 0 Å². The SMILES string of the molecule is Cc1csc(NC(=O)CSc2nnc(COc3ccc4c(c3)CCCC4)n2C)n1. The van der Waals surface area contributed by atoms with Crippen LogP contribution in [0.4, 0.5) is 5.13 Å². The van der Waals surface area contributed by atoms with Gasteiger partial charge in [-0.15, -0.1) is 21.5 Å². The van der Waals surface area contributed by atoms with E-state index < -0.39 is 0 Å². The minimum Gasteiger partial charge on any atom is -0.486 e. The lowest BCUT2D eigenvalue weighted by atomic mass is 9.92. The van der Waals surface area contributed by atoms with Gasteiger partial charge in [0.1, 0.15) is 12.4 Å². The fourth-order valence-electron chi connectivity index (χ4n) is 3.24. The molecule has 1 aliphatic rings. The van der Waals surface area contributed by atoms with Gasteiger partial charge in [0.05, 0.1) is 11.4 Å². The zero-order valence-corrected chi connectivity index (χ0v) is 18.1. The molecule has 9 heteroatoms. The molecule has 4 rings (SSSR count). The van der Waals surface area contributed by atoms with Crippen molar-refractivity contribution in [3.05, 3.63) is 46.2 Å². The Kier molecular flexibility index (Phi) is 6.15. The first-order valence-corrected chi connectivity index (χ1v) is 11.4. The molecule has 2 heterocycles. The fraction of sp³-hybridized carbons (Fsp3) is 0.400. The molecule has 1 aromatic carbocycles. The summed E-state index contributed by atoms with van der Waals surface area (Å²) in [5.74, 6) is 1.72. The van der Waals surface area contributed by atoms with E-state index in [0.717, 1.165) is 30.1 Å². The monoisotopic (exact) mass is 429 g/mol. The van der Waals surface area contributed by atoms with Gasteiger partial charge < -0.3 is 14.6 Å². The summed E-state index contributed by atoms with van der Waals surface area (Å²) in [6.45, 7) is 2.24. The van der Waals surface area contributed by atoms with Crippen molar-refractivity contribution >= 4 is 34.1 Å². The molecule has 0 radical (unpaired) electrons. The molecule has 0 aliphatic heterocycles. The van der Waals surface area contributed by atoms with Crippen LogP contribution in [0.3, 0.4) is 0 Å². The maximum atomic E-state index is 12.1. The number of amides is 1. The molecule has 0 bridgehead atoms. The summed E-state index contributed by atoms with van der Waals surface area (Å²) in [7, 11) is 1.88. The van der Waals surface area contributed by atoms with E-state index in [9.17, 15) is 4.79 Å². The molecule has 29 heavy (non-hydrogen) atoms. The first-order chi connectivity index (χ1) is 14.1. The van der Waals surface area contributed by atoms with Gasteiger partial charge in [-0.25, -0.2) is 4.98 Å². The molecular formula is C20H23N5O2S2. The molecule has 1 amide bonds. The molecule has 0 spiro atoms. The Bertz CT molecular complexity index is 1010. The normalized spacial score (nSPS) is 13.2. The second kappa shape index (κ2) is 8.96. The number of carbonyl (C=O) groups excluding carboxylic acids is 1. The highest BCUT2D eigenvalue weighted by Gasteiger charge is 2.14. The van der Waals surface area contributed by atoms with Crippen LogP contribution in [0.1, 0.15) is 35.5 Å². The molecule has 0 unspecified atom stereocenters. The van der Waals surface area contributed by atoms with Crippen molar-refractivity contribution in [2.24, 2.45) is 7.05 Å². The van der Waals surface area contributed by atoms with Crippen LogP contribution in [0.15, 0.2) is 28.7 Å². The minimum atomic E-state index is -0.112. The number of hydrogen-bond donors (Lipinski definition) is 1. The Morgan fingerprint density at radius 1 is 1.28 bits per heavy atom. The number of hydrogen-bond acceptors (Lipinski definition) is 7. The number of thiazole rings is 1. The summed E-state index contributed by atoms with van der Waals surface area (Å²) in [4.78, 5) is 16.3. The van der Waals surface area contributed by atoms with Crippen LogP contribution in [-0.2, 0) is 31.3 Å². The molecule has 1 N–H and O–H groups in total. The standard InChI is InChI=1S/C20H23N5O2S2/c1-13-11-28-19(21-13)22-18(26)12-29-20-24-23-17(25(20)2)10-27-16-8-7-14-5-3-4-6-15(14)9-16/h7-9,11H,3-6,10,12H2,1-2H3,(H,21,22,26). The Morgan fingerprint density at radius 3 is 2.90 bits per heavy atom. The Hall–Kier alpha value is -2.39. The Morgan fingerprint density at radius 2 is 2.10 bits per heavy atom. The van der Waals surface area contributed by atoms with Crippen LogP contribution in [0.25, 0.3) is 0 Å². The van der Waals surface area contributed by atoms with Crippen molar-refractivity contribution in [2.75, 3.05) is 11.1 Å². The maximum Gasteiger partial charge on any atom is 0.236 e. The highest BCUT2D eigenvalue weighted by molar-refractivity contribution is 7.99. The third-order valence-corrected chi connectivity index (χ3v) is 6.71. The van der Waals surface area contributed by atoms with E-state index in [2.05, 4.69) is 32.6 Å². The van der Waals surface area contributed by atoms with Crippen LogP contribution in [-0.4, -0.2) is 31.4 Å². The number of ether oxygens (including phenoxy) is 1. The van der Waals surface area contributed by atoms with Gasteiger partial charge in [0.2, 0.25) is 5.91 Å². The number of anilines is 1. The van der Waals surface area contributed by atoms with E-state index >= 15 is 0 Å². The first kappa shape index (κ1) is 19.9. The number of fused-ring (bicyclic) bond motifs is 1. The lowest BCUT2D eigenvalue weighted by molar-refractivity contribution is -0.113. The van der Waals surface area contributed by atoms with Crippen molar-refractivity contribution in [3.63, 3.8) is 0 Å². The topological polar surface area (TPSA) is 81.9 Å². The highest BCUT2D eigenvalue weighted by atomic mass is 32.2. The zero-order chi connectivity index (χ0) is 20.2. The summed E-state index contributed by atoms with van der Waals surface area (Å²) < 4.78 is 7.81. The number of thioether (sulfide) groups is 1. The highest BCUT2D eigenvalue weighted by Crippen LogP contribution is 2.26. The van der Waals surface area contributed by atoms with Crippen molar-refractivity contribution in [1.82, 2.24) is 19.7 Å². The number of benzene rings is 1. The summed E-state index contributed by atoms with van der Waals surface area (Å²) >= 11 is 2.76. The number of nitrogens with one attached hydrogen (secondary N) is 1. The van der Waals surface area contributed by atoms with E-state index in [1.54, 1.807) is 0 Å². The predicted molar refractivity (Wildman–Crippen MR) is 115 cm³/mol. The Balaban J connectivity index is 1.30. The van der Waals surface area contributed by atoms with Gasteiger partial charge in [0.15, 0.2) is 16.1 Å². The predicted octanol–water partition coefficient (Wildman–Crippen LogP) is 3.77. The quantitative estimate of drug-likeness (QED) is 0.576. The third kappa shape index (κ3) is 4.97. The van der Waals surface area contributed by atoms with Crippen molar-refractivity contribution < 1.29 is 9.53 Å². The van der Waals surface area contributed by atoms with Crippen LogP contribution < -0.4 is 10.1 Å². The molecule has 1 aliphatic carbocycles. The van der Waals surface area contributed by atoms with E-state index in [1.807, 2.05) is 30.0 Å². The summed E-state index contributed by atoms with van der Waals surface area (Å²) in [5, 5.41) is 14.4. The van der Waals surface area contributed by atoms with Gasteiger partial charge in [-0.1, -0.05) is 17.8 Å². The number of rotatable bonds is 7. The van der Waals surface area contributed by atoms with E-state index in [1.165, 1.54) is 47.1 Å². The average Bonchev–Trinajstić information content (AvgIpc) is 3.29. The fourth-order valence-corrected chi connectivity index (χ4v) is 4.68. The van der Waals surface area contributed by atoms with Gasteiger partial charge in [0, 0.05) is 12.4 Å². The lowest BCUT2D eigenvalue weighted by Gasteiger charge is -2.16.